The number of rotatable bonds is 0. The molecule has 0 fully saturated rings. The summed E-state index contributed by atoms with van der Waals surface area (Å²) in [7, 11) is 3.00. The summed E-state index contributed by atoms with van der Waals surface area (Å²) < 4.78 is 9.00. The van der Waals surface area contributed by atoms with E-state index in [-0.39, 0.29) is 39.1 Å². The van der Waals surface area contributed by atoms with Crippen LogP contribution in [0.3, 0.4) is 0 Å². The molecule has 0 aliphatic heterocycles. The minimum absolute atomic E-state index is 0. The zero-order chi connectivity index (χ0) is 2.00. The maximum Gasteiger partial charge on any atom is 0.350 e. The van der Waals surface area contributed by atoms with Crippen LogP contribution in [0.15, 0.2) is 0 Å². The third kappa shape index (κ3) is 10.6. The van der Waals surface area contributed by atoms with Gasteiger partial charge in [0.05, 0.1) is 0 Å². The Balaban J connectivity index is -0.00000000500. The first-order chi connectivity index (χ1) is 1.00. The third-order valence-corrected chi connectivity index (χ3v) is 0. The summed E-state index contributed by atoms with van der Waals surface area (Å²) in [6, 6.07) is 0. The van der Waals surface area contributed by atoms with Gasteiger partial charge in [-0.25, -0.2) is 0 Å². The number of hydrogen-bond acceptors (Lipinski definition) is 0. The Morgan fingerprint density at radius 3 is 1.25 bits per heavy atom. The van der Waals surface area contributed by atoms with E-state index in [1.165, 1.54) is 0 Å². The van der Waals surface area contributed by atoms with Crippen LogP contribution in [0, 0.1) is 0 Å². The molecule has 0 aromatic heterocycles. The smallest absolute Gasteiger partial charge is 0.350 e. The second-order valence-electron chi connectivity index (χ2n) is 0. The molecule has 0 rings (SSSR count). The number of hydrogen-bond donors (Lipinski definition) is 0. The van der Waals surface area contributed by atoms with Crippen molar-refractivity contribution in [3.8, 4) is 0 Å². The molecular formula is H3AlBFTi. The topological polar surface area (TPSA) is 0 Å². The van der Waals surface area contributed by atoms with Crippen LogP contribution in [0.2, 0.25) is 0 Å². The minimum Gasteiger partial charge on any atom is -0.350 e. The van der Waals surface area contributed by atoms with Gasteiger partial charge in [0.2, 0.25) is 0 Å². The van der Waals surface area contributed by atoms with Gasteiger partial charge in [-0.15, -0.1) is 0 Å². The van der Waals surface area contributed by atoms with E-state index in [2.05, 4.69) is 8.12 Å². The van der Waals surface area contributed by atoms with Crippen LogP contribution >= 0.6 is 0 Å². The summed E-state index contributed by atoms with van der Waals surface area (Å²) in [5.74, 6) is 0. The maximum absolute atomic E-state index is 9.00. The van der Waals surface area contributed by atoms with Crippen molar-refractivity contribution in [3.05, 3.63) is 0 Å². The molecule has 20 valence electrons. The van der Waals surface area contributed by atoms with Crippen LogP contribution in [0.5, 0.6) is 0 Å². The Hall–Kier alpha value is 1.24. The van der Waals surface area contributed by atoms with E-state index in [9.17, 15) is 0 Å². The van der Waals surface area contributed by atoms with E-state index in [0.29, 0.717) is 0 Å². The zero-order valence-electron chi connectivity index (χ0n) is 1.46. The molecule has 0 unspecified atom stereocenters. The predicted octanol–water partition coefficient (Wildman–Crippen LogP) is -1.15. The molecule has 0 N–H and O–H groups in total. The van der Waals surface area contributed by atoms with Crippen molar-refractivity contribution in [1.82, 2.24) is 0 Å². The Morgan fingerprint density at radius 2 is 1.25 bits per heavy atom. The monoisotopic (exact) mass is 108 g/mol. The van der Waals surface area contributed by atoms with Crippen LogP contribution in [-0.4, -0.2) is 25.5 Å². The van der Waals surface area contributed by atoms with E-state index < -0.39 is 0 Å². The molecule has 2 radical (unpaired) electrons. The van der Waals surface area contributed by atoms with Crippen LogP contribution in [0.1, 0.15) is 0 Å². The fourth-order valence-corrected chi connectivity index (χ4v) is 0. The largest absolute Gasteiger partial charge is 0.350 e. The van der Waals surface area contributed by atoms with Crippen molar-refractivity contribution in [3.63, 3.8) is 0 Å². The summed E-state index contributed by atoms with van der Waals surface area (Å²) in [5, 5.41) is 0. The van der Waals surface area contributed by atoms with Crippen molar-refractivity contribution in [2.24, 2.45) is 0 Å². The van der Waals surface area contributed by atoms with Crippen molar-refractivity contribution >= 4 is 25.5 Å². The van der Waals surface area contributed by atoms with E-state index in [0.717, 1.165) is 0 Å². The second-order valence-corrected chi connectivity index (χ2v) is 0. The normalized spacial score (nSPS) is 1.25. The molecule has 0 atom stereocenters. The molecule has 0 aromatic carbocycles. The van der Waals surface area contributed by atoms with Crippen LogP contribution in [0.25, 0.3) is 0 Å². The van der Waals surface area contributed by atoms with Crippen molar-refractivity contribution in [2.75, 3.05) is 0 Å². The van der Waals surface area contributed by atoms with Crippen molar-refractivity contribution < 1.29 is 26.0 Å². The Morgan fingerprint density at radius 1 is 1.25 bits per heavy atom. The molecule has 0 heterocycles. The zero-order valence-corrected chi connectivity index (χ0v) is 3.02. The van der Waals surface area contributed by atoms with Crippen molar-refractivity contribution in [2.45, 2.75) is 0 Å². The minimum atomic E-state index is 0. The SMILES string of the molecule is [AlH3].[B]F.[Ti]. The average molecular weight is 108 g/mol. The second kappa shape index (κ2) is 28.9. The molecule has 0 saturated carbocycles. The molecule has 0 saturated heterocycles. The van der Waals surface area contributed by atoms with Gasteiger partial charge in [-0.05, 0) is 0 Å². The Labute approximate surface area is 51.6 Å². The maximum atomic E-state index is 9.00. The van der Waals surface area contributed by atoms with Crippen LogP contribution in [-0.2, 0) is 21.7 Å². The molecule has 0 nitrogen and oxygen atoms in total. The fourth-order valence-electron chi connectivity index (χ4n) is 0. The molecule has 4 heteroatoms. The summed E-state index contributed by atoms with van der Waals surface area (Å²) in [4.78, 5) is 0. The van der Waals surface area contributed by atoms with Gasteiger partial charge in [0.1, 0.15) is 0 Å². The van der Waals surface area contributed by atoms with Crippen LogP contribution < -0.4 is 0 Å². The van der Waals surface area contributed by atoms with Gasteiger partial charge in [-0.3, -0.25) is 0 Å². The standard InChI is InChI=1S/Al.BF.Ti.3H/c;1-2;;;;. The van der Waals surface area contributed by atoms with Crippen LogP contribution in [0.4, 0.5) is 4.32 Å². The predicted molar refractivity (Wildman–Crippen MR) is 16.8 cm³/mol. The first-order valence-electron chi connectivity index (χ1n) is 0.218. The number of halogens is 1. The van der Waals surface area contributed by atoms with E-state index in [1.54, 1.807) is 0 Å². The van der Waals surface area contributed by atoms with E-state index in [4.69, 9.17) is 4.32 Å². The fraction of sp³-hybridized carbons (Fsp3) is 0. The molecule has 0 aliphatic carbocycles. The summed E-state index contributed by atoms with van der Waals surface area (Å²) in [5.41, 5.74) is 0. The summed E-state index contributed by atoms with van der Waals surface area (Å²) in [6.07, 6.45) is 0. The van der Waals surface area contributed by atoms with Gasteiger partial charge in [0, 0.05) is 21.7 Å². The van der Waals surface area contributed by atoms with Gasteiger partial charge in [0.15, 0.2) is 17.4 Å². The molecule has 0 aromatic rings. The Kier molecular flexibility index (Phi) is 136. The first kappa shape index (κ1) is 18.8. The summed E-state index contributed by atoms with van der Waals surface area (Å²) in [6.45, 7) is 0. The van der Waals surface area contributed by atoms with Gasteiger partial charge < -0.3 is 4.32 Å². The molecule has 0 aliphatic rings. The van der Waals surface area contributed by atoms with Gasteiger partial charge >= 0.3 is 8.12 Å². The average Bonchev–Trinajstić information content (AvgIpc) is 1.00. The molecular weight excluding hydrogens is 105 g/mol. The first-order valence-corrected chi connectivity index (χ1v) is 0.218. The Bertz CT molecular complexity index is 8.00. The molecule has 0 spiro atoms. The molecule has 0 bridgehead atoms. The van der Waals surface area contributed by atoms with E-state index in [1.807, 2.05) is 0 Å². The molecule has 0 amide bonds. The quantitative estimate of drug-likeness (QED) is 0.343. The van der Waals surface area contributed by atoms with E-state index >= 15 is 0 Å². The van der Waals surface area contributed by atoms with Gasteiger partial charge in [-0.2, -0.15) is 0 Å². The van der Waals surface area contributed by atoms with Gasteiger partial charge in [-0.1, -0.05) is 0 Å². The van der Waals surface area contributed by atoms with Gasteiger partial charge in [0.25, 0.3) is 0 Å². The summed E-state index contributed by atoms with van der Waals surface area (Å²) >= 11 is 0. The van der Waals surface area contributed by atoms with Crippen molar-refractivity contribution in [1.29, 1.82) is 0 Å². The third-order valence-electron chi connectivity index (χ3n) is 0. The molecule has 4 heavy (non-hydrogen) atoms.